The number of aryl methyl sites for hydroxylation is 1. The molecule has 0 aliphatic carbocycles. The molecular weight excluding hydrogens is 464 g/mol. The van der Waals surface area contributed by atoms with Gasteiger partial charge in [0.15, 0.2) is 0 Å². The zero-order valence-corrected chi connectivity index (χ0v) is 22.2. The van der Waals surface area contributed by atoms with E-state index in [1.165, 1.54) is 25.8 Å². The van der Waals surface area contributed by atoms with Crippen molar-refractivity contribution in [1.82, 2.24) is 24.6 Å². The molecule has 0 bridgehead atoms. The summed E-state index contributed by atoms with van der Waals surface area (Å²) in [5.41, 5.74) is 5.57. The Kier molecular flexibility index (Phi) is 7.55. The normalized spacial score (nSPS) is 15.8. The van der Waals surface area contributed by atoms with E-state index in [0.29, 0.717) is 6.04 Å². The second-order valence-corrected chi connectivity index (χ2v) is 9.65. The van der Waals surface area contributed by atoms with Crippen LogP contribution in [0.1, 0.15) is 32.6 Å². The van der Waals surface area contributed by atoms with E-state index in [2.05, 4.69) is 51.1 Å². The van der Waals surface area contributed by atoms with Gasteiger partial charge in [-0.05, 0) is 50.4 Å². The summed E-state index contributed by atoms with van der Waals surface area (Å²) in [7, 11) is 5.28. The molecule has 0 radical (unpaired) electrons. The van der Waals surface area contributed by atoms with Gasteiger partial charge in [0.05, 0.1) is 43.3 Å². The summed E-state index contributed by atoms with van der Waals surface area (Å²) in [6.07, 6.45) is 10.5. The summed E-state index contributed by atoms with van der Waals surface area (Å²) in [4.78, 5) is 14.6. The first-order valence-corrected chi connectivity index (χ1v) is 13.1. The van der Waals surface area contributed by atoms with E-state index in [1.807, 2.05) is 37.8 Å². The predicted octanol–water partition coefficient (Wildman–Crippen LogP) is 5.45. The summed E-state index contributed by atoms with van der Waals surface area (Å²) in [6.45, 7) is 5.46. The topological polar surface area (TPSA) is 68.5 Å². The molecule has 1 saturated heterocycles. The number of rotatable bonds is 10. The van der Waals surface area contributed by atoms with E-state index in [-0.39, 0.29) is 0 Å². The molecule has 4 aromatic rings. The van der Waals surface area contributed by atoms with Crippen molar-refractivity contribution >= 4 is 22.4 Å². The van der Waals surface area contributed by atoms with Crippen molar-refractivity contribution in [2.24, 2.45) is 7.05 Å². The second-order valence-electron chi connectivity index (χ2n) is 9.65. The van der Waals surface area contributed by atoms with Crippen LogP contribution < -0.4 is 14.4 Å². The number of ether oxygens (including phenoxy) is 2. The Labute approximate surface area is 218 Å². The molecule has 2 aromatic carbocycles. The third-order valence-corrected chi connectivity index (χ3v) is 7.28. The maximum absolute atomic E-state index is 5.59. The molecule has 8 heteroatoms. The Hall–Kier alpha value is -3.65. The van der Waals surface area contributed by atoms with Crippen LogP contribution in [0.15, 0.2) is 55.0 Å². The highest BCUT2D eigenvalue weighted by Gasteiger charge is 2.22. The van der Waals surface area contributed by atoms with E-state index in [9.17, 15) is 0 Å². The lowest BCUT2D eigenvalue weighted by atomic mass is 10.1. The van der Waals surface area contributed by atoms with Crippen LogP contribution in [0.4, 0.5) is 11.4 Å². The van der Waals surface area contributed by atoms with Crippen LogP contribution in [-0.4, -0.2) is 64.5 Å². The van der Waals surface area contributed by atoms with Gasteiger partial charge in [0.25, 0.3) is 0 Å². The van der Waals surface area contributed by atoms with Crippen LogP contribution in [0, 0.1) is 0 Å². The minimum absolute atomic E-state index is 0.715. The number of hydrogen-bond acceptors (Lipinski definition) is 7. The van der Waals surface area contributed by atoms with E-state index < -0.39 is 0 Å². The average molecular weight is 501 g/mol. The molecule has 1 fully saturated rings. The molecule has 0 unspecified atom stereocenters. The van der Waals surface area contributed by atoms with Crippen LogP contribution in [0.3, 0.4) is 0 Å². The SMILES string of the molecule is CC[C@@H]1CCCN1CCCN(c1cc(OC)cc(OC)c1)c1ccc2ncc(-c3cnn(C)c3)nc2c1. The van der Waals surface area contributed by atoms with Crippen LogP contribution in [0.5, 0.6) is 11.5 Å². The van der Waals surface area contributed by atoms with E-state index >= 15 is 0 Å². The van der Waals surface area contributed by atoms with Crippen LogP contribution >= 0.6 is 0 Å². The van der Waals surface area contributed by atoms with E-state index in [0.717, 1.165) is 64.7 Å². The van der Waals surface area contributed by atoms with Crippen molar-refractivity contribution in [2.45, 2.75) is 38.6 Å². The van der Waals surface area contributed by atoms with Crippen molar-refractivity contribution in [3.05, 3.63) is 55.0 Å². The number of benzene rings is 2. The third-order valence-electron chi connectivity index (χ3n) is 7.28. The van der Waals surface area contributed by atoms with E-state index in [1.54, 1.807) is 18.9 Å². The van der Waals surface area contributed by atoms with Gasteiger partial charge in [-0.15, -0.1) is 0 Å². The fourth-order valence-corrected chi connectivity index (χ4v) is 5.30. The van der Waals surface area contributed by atoms with Crippen molar-refractivity contribution < 1.29 is 9.47 Å². The zero-order valence-electron chi connectivity index (χ0n) is 22.2. The summed E-state index contributed by atoms with van der Waals surface area (Å²) in [5.74, 6) is 1.54. The number of hydrogen-bond donors (Lipinski definition) is 0. The molecule has 1 aliphatic rings. The highest BCUT2D eigenvalue weighted by Crippen LogP contribution is 2.34. The quantitative estimate of drug-likeness (QED) is 0.287. The molecule has 1 aliphatic heterocycles. The van der Waals surface area contributed by atoms with Gasteiger partial charge in [0.2, 0.25) is 0 Å². The molecule has 0 amide bonds. The summed E-state index contributed by atoms with van der Waals surface area (Å²) in [5, 5.41) is 4.28. The molecule has 0 saturated carbocycles. The Morgan fingerprint density at radius 3 is 2.51 bits per heavy atom. The number of anilines is 2. The lowest BCUT2D eigenvalue weighted by Crippen LogP contribution is -2.32. The zero-order chi connectivity index (χ0) is 25.8. The van der Waals surface area contributed by atoms with Crippen molar-refractivity contribution in [3.8, 4) is 22.8 Å². The lowest BCUT2D eigenvalue weighted by molar-refractivity contribution is 0.247. The third kappa shape index (κ3) is 5.54. The Bertz CT molecular complexity index is 1330. The van der Waals surface area contributed by atoms with Gasteiger partial charge < -0.3 is 19.3 Å². The fraction of sp³-hybridized carbons (Fsp3) is 0.414. The number of fused-ring (bicyclic) bond motifs is 1. The minimum atomic E-state index is 0.715. The highest BCUT2D eigenvalue weighted by molar-refractivity contribution is 5.82. The maximum Gasteiger partial charge on any atom is 0.124 e. The Morgan fingerprint density at radius 2 is 1.81 bits per heavy atom. The second kappa shape index (κ2) is 11.2. The summed E-state index contributed by atoms with van der Waals surface area (Å²) in [6, 6.07) is 13.0. The molecule has 0 N–H and O–H groups in total. The molecule has 5 rings (SSSR count). The van der Waals surface area contributed by atoms with Gasteiger partial charge in [0.1, 0.15) is 11.5 Å². The average Bonchev–Trinajstić information content (AvgIpc) is 3.58. The standard InChI is InChI=1S/C29H36N6O2/c1-5-22-8-6-11-34(22)12-7-13-35(24-14-25(36-3)17-26(15-24)37-4)23-9-10-27-28(16-23)32-29(19-30-27)21-18-31-33(2)20-21/h9-10,14-20,22H,5-8,11-13H2,1-4H3/t22-/m1/s1. The first-order valence-electron chi connectivity index (χ1n) is 13.1. The van der Waals surface area contributed by atoms with Crippen LogP contribution in [0.25, 0.3) is 22.3 Å². The summed E-state index contributed by atoms with van der Waals surface area (Å²) < 4.78 is 13.0. The molecule has 2 aromatic heterocycles. The first kappa shape index (κ1) is 25.0. The molecule has 3 heterocycles. The number of nitrogens with zero attached hydrogens (tertiary/aromatic N) is 6. The number of likely N-dealkylation sites (tertiary alicyclic amines) is 1. The maximum atomic E-state index is 5.59. The van der Waals surface area contributed by atoms with Gasteiger partial charge in [0, 0.05) is 67.5 Å². The Balaban J connectivity index is 1.48. The van der Waals surface area contributed by atoms with E-state index in [4.69, 9.17) is 14.5 Å². The lowest BCUT2D eigenvalue weighted by Gasteiger charge is -2.28. The van der Waals surface area contributed by atoms with Gasteiger partial charge in [-0.2, -0.15) is 5.10 Å². The van der Waals surface area contributed by atoms with Gasteiger partial charge in [-0.1, -0.05) is 6.92 Å². The van der Waals surface area contributed by atoms with Crippen LogP contribution in [-0.2, 0) is 7.05 Å². The molecule has 37 heavy (non-hydrogen) atoms. The van der Waals surface area contributed by atoms with Crippen LogP contribution in [0.2, 0.25) is 0 Å². The van der Waals surface area contributed by atoms with Gasteiger partial charge in [-0.3, -0.25) is 9.67 Å². The largest absolute Gasteiger partial charge is 0.497 e. The fourth-order valence-electron chi connectivity index (χ4n) is 5.30. The first-order chi connectivity index (χ1) is 18.1. The Morgan fingerprint density at radius 1 is 1.00 bits per heavy atom. The van der Waals surface area contributed by atoms with Gasteiger partial charge >= 0.3 is 0 Å². The van der Waals surface area contributed by atoms with Crippen molar-refractivity contribution in [3.63, 3.8) is 0 Å². The molecule has 194 valence electrons. The highest BCUT2D eigenvalue weighted by atomic mass is 16.5. The monoisotopic (exact) mass is 500 g/mol. The summed E-state index contributed by atoms with van der Waals surface area (Å²) >= 11 is 0. The van der Waals surface area contributed by atoms with Crippen molar-refractivity contribution in [2.75, 3.05) is 38.8 Å². The molecule has 8 nitrogen and oxygen atoms in total. The number of aromatic nitrogens is 4. The smallest absolute Gasteiger partial charge is 0.124 e. The molecule has 0 spiro atoms. The van der Waals surface area contributed by atoms with Crippen molar-refractivity contribution in [1.29, 1.82) is 0 Å². The predicted molar refractivity (Wildman–Crippen MR) is 148 cm³/mol. The van der Waals surface area contributed by atoms with Gasteiger partial charge in [-0.25, -0.2) is 4.98 Å². The molecule has 1 atom stereocenters. The number of methoxy groups -OCH3 is 2. The minimum Gasteiger partial charge on any atom is -0.497 e. The molecular formula is C29H36N6O2.